The van der Waals surface area contributed by atoms with Crippen LogP contribution in [0, 0.1) is 6.92 Å². The predicted molar refractivity (Wildman–Crippen MR) is 121 cm³/mol. The van der Waals surface area contributed by atoms with E-state index in [-0.39, 0.29) is 12.5 Å². The number of halogens is 2. The van der Waals surface area contributed by atoms with Crippen molar-refractivity contribution in [1.29, 1.82) is 0 Å². The fourth-order valence-corrected chi connectivity index (χ4v) is 4.21. The number of alkyl halides is 1. The van der Waals surface area contributed by atoms with E-state index < -0.39 is 6.67 Å². The molecule has 160 valence electrons. The SMILES string of the molecule is COc1nc(NSc2c[nH]c3c(-c4ncccn4)c(Br)ccc23)nc(C)c1OCCF. The van der Waals surface area contributed by atoms with Crippen LogP contribution in [0.5, 0.6) is 11.6 Å². The number of aromatic nitrogens is 5. The van der Waals surface area contributed by atoms with Gasteiger partial charge >= 0.3 is 0 Å². The van der Waals surface area contributed by atoms with Crippen LogP contribution in [-0.2, 0) is 0 Å². The molecule has 0 saturated carbocycles. The summed E-state index contributed by atoms with van der Waals surface area (Å²) in [5.74, 6) is 1.56. The van der Waals surface area contributed by atoms with Crippen molar-refractivity contribution in [2.45, 2.75) is 11.8 Å². The third kappa shape index (κ3) is 4.42. The first kappa shape index (κ1) is 21.3. The van der Waals surface area contributed by atoms with Crippen LogP contribution in [-0.4, -0.2) is 45.3 Å². The molecule has 0 radical (unpaired) electrons. The molecule has 0 atom stereocenters. The van der Waals surface area contributed by atoms with Gasteiger partial charge in [0.2, 0.25) is 11.7 Å². The lowest BCUT2D eigenvalue weighted by Gasteiger charge is -2.12. The van der Waals surface area contributed by atoms with E-state index in [0.717, 1.165) is 25.8 Å². The molecule has 0 aliphatic heterocycles. The van der Waals surface area contributed by atoms with Crippen LogP contribution in [0.15, 0.2) is 46.2 Å². The highest BCUT2D eigenvalue weighted by atomic mass is 79.9. The van der Waals surface area contributed by atoms with E-state index in [9.17, 15) is 4.39 Å². The molecule has 3 heterocycles. The molecule has 0 aliphatic rings. The second-order valence-electron chi connectivity index (χ2n) is 6.28. The third-order valence-electron chi connectivity index (χ3n) is 4.33. The molecule has 0 bridgehead atoms. The molecule has 0 spiro atoms. The molecular formula is C20H18BrFN6O2S. The fourth-order valence-electron chi connectivity index (χ4n) is 3.01. The number of methoxy groups -OCH3 is 1. The smallest absolute Gasteiger partial charge is 0.262 e. The van der Waals surface area contributed by atoms with E-state index in [1.807, 2.05) is 18.3 Å². The van der Waals surface area contributed by atoms with Gasteiger partial charge in [0.25, 0.3) is 5.88 Å². The second kappa shape index (κ2) is 9.48. The van der Waals surface area contributed by atoms with Gasteiger partial charge in [-0.2, -0.15) is 4.98 Å². The van der Waals surface area contributed by atoms with E-state index in [4.69, 9.17) is 9.47 Å². The molecule has 3 aromatic heterocycles. The van der Waals surface area contributed by atoms with Crippen molar-refractivity contribution in [3.63, 3.8) is 0 Å². The van der Waals surface area contributed by atoms with E-state index in [1.54, 1.807) is 25.4 Å². The fraction of sp³-hybridized carbons (Fsp3) is 0.200. The van der Waals surface area contributed by atoms with Crippen molar-refractivity contribution >= 4 is 44.7 Å². The van der Waals surface area contributed by atoms with Crippen LogP contribution in [0.4, 0.5) is 10.3 Å². The number of aryl methyl sites for hydroxylation is 1. The van der Waals surface area contributed by atoms with Gasteiger partial charge in [-0.3, -0.25) is 4.72 Å². The lowest BCUT2D eigenvalue weighted by molar-refractivity contribution is 0.254. The Morgan fingerprint density at radius 3 is 2.77 bits per heavy atom. The minimum absolute atomic E-state index is 0.0829. The molecule has 0 unspecified atom stereocenters. The summed E-state index contributed by atoms with van der Waals surface area (Å²) < 4.78 is 27.1. The van der Waals surface area contributed by atoms with Gasteiger partial charge in [-0.15, -0.1) is 0 Å². The molecule has 1 aromatic carbocycles. The highest BCUT2D eigenvalue weighted by molar-refractivity contribution is 9.10. The van der Waals surface area contributed by atoms with Gasteiger partial charge in [0.05, 0.1) is 28.8 Å². The van der Waals surface area contributed by atoms with Crippen LogP contribution in [0.3, 0.4) is 0 Å². The van der Waals surface area contributed by atoms with Crippen LogP contribution in [0.1, 0.15) is 5.69 Å². The zero-order valence-corrected chi connectivity index (χ0v) is 19.1. The van der Waals surface area contributed by atoms with Gasteiger partial charge in [0.15, 0.2) is 5.82 Å². The number of nitrogens with zero attached hydrogens (tertiary/aromatic N) is 4. The van der Waals surface area contributed by atoms with Crippen LogP contribution < -0.4 is 14.2 Å². The zero-order valence-electron chi connectivity index (χ0n) is 16.6. The number of nitrogens with one attached hydrogen (secondary N) is 2. The first-order chi connectivity index (χ1) is 15.1. The minimum atomic E-state index is -0.606. The molecule has 0 amide bonds. The van der Waals surface area contributed by atoms with Crippen molar-refractivity contribution in [3.8, 4) is 23.0 Å². The Morgan fingerprint density at radius 2 is 2.03 bits per heavy atom. The van der Waals surface area contributed by atoms with Crippen molar-refractivity contribution in [1.82, 2.24) is 24.9 Å². The standard InChI is InChI=1S/C20H18BrFN6O2S/c1-11-17(30-9-6-22)19(29-2)27-20(26-11)28-31-14-10-25-16-12(14)4-5-13(21)15(16)18-23-7-3-8-24-18/h3-5,7-8,10,25H,6,9H2,1-2H3,(H,26,27,28). The van der Waals surface area contributed by atoms with E-state index in [2.05, 4.69) is 45.6 Å². The number of hydrogen-bond donors (Lipinski definition) is 2. The summed E-state index contributed by atoms with van der Waals surface area (Å²) in [5, 5.41) is 0.995. The summed E-state index contributed by atoms with van der Waals surface area (Å²) in [6, 6.07) is 5.75. The molecule has 0 aliphatic carbocycles. The van der Waals surface area contributed by atoms with Gasteiger partial charge in [0, 0.05) is 28.4 Å². The Morgan fingerprint density at radius 1 is 1.23 bits per heavy atom. The maximum Gasteiger partial charge on any atom is 0.262 e. The number of hydrogen-bond acceptors (Lipinski definition) is 8. The lowest BCUT2D eigenvalue weighted by Crippen LogP contribution is -2.06. The van der Waals surface area contributed by atoms with E-state index >= 15 is 0 Å². The van der Waals surface area contributed by atoms with Gasteiger partial charge in [-0.05, 0) is 46.9 Å². The predicted octanol–water partition coefficient (Wildman–Crippen LogP) is 4.96. The minimum Gasteiger partial charge on any atom is -0.484 e. The summed E-state index contributed by atoms with van der Waals surface area (Å²) in [4.78, 5) is 21.7. The summed E-state index contributed by atoms with van der Waals surface area (Å²) in [5.41, 5.74) is 2.34. The maximum atomic E-state index is 12.5. The quantitative estimate of drug-likeness (QED) is 0.325. The molecule has 2 N–H and O–H groups in total. The van der Waals surface area contributed by atoms with Crippen molar-refractivity contribution < 1.29 is 13.9 Å². The summed E-state index contributed by atoms with van der Waals surface area (Å²) >= 11 is 4.95. The second-order valence-corrected chi connectivity index (χ2v) is 7.99. The maximum absolute atomic E-state index is 12.5. The lowest BCUT2D eigenvalue weighted by atomic mass is 10.1. The Hall–Kier alpha value is -2.92. The molecule has 31 heavy (non-hydrogen) atoms. The topological polar surface area (TPSA) is 97.8 Å². The number of fused-ring (bicyclic) bond motifs is 1. The number of anilines is 1. The molecule has 0 fully saturated rings. The van der Waals surface area contributed by atoms with Gasteiger partial charge < -0.3 is 14.5 Å². The normalized spacial score (nSPS) is 11.0. The van der Waals surface area contributed by atoms with Crippen LogP contribution in [0.2, 0.25) is 0 Å². The average Bonchev–Trinajstić information content (AvgIpc) is 3.20. The number of benzene rings is 1. The molecule has 4 aromatic rings. The molecule has 0 saturated heterocycles. The first-order valence-corrected chi connectivity index (χ1v) is 10.8. The van der Waals surface area contributed by atoms with Crippen molar-refractivity contribution in [2.24, 2.45) is 0 Å². The van der Waals surface area contributed by atoms with Crippen molar-refractivity contribution in [3.05, 3.63) is 47.0 Å². The zero-order chi connectivity index (χ0) is 21.8. The van der Waals surface area contributed by atoms with E-state index in [0.29, 0.717) is 23.2 Å². The monoisotopic (exact) mass is 504 g/mol. The average molecular weight is 505 g/mol. The summed E-state index contributed by atoms with van der Waals surface area (Å²) in [7, 11) is 1.48. The molecule has 4 rings (SSSR count). The highest BCUT2D eigenvalue weighted by Gasteiger charge is 2.17. The van der Waals surface area contributed by atoms with Gasteiger partial charge in [-0.25, -0.2) is 19.3 Å². The van der Waals surface area contributed by atoms with Gasteiger partial charge in [-0.1, -0.05) is 6.07 Å². The Bertz CT molecular complexity index is 1210. The van der Waals surface area contributed by atoms with Crippen molar-refractivity contribution in [2.75, 3.05) is 25.1 Å². The molecule has 8 nitrogen and oxygen atoms in total. The largest absolute Gasteiger partial charge is 0.484 e. The molecular weight excluding hydrogens is 487 g/mol. The molecule has 11 heteroatoms. The summed E-state index contributed by atoms with van der Waals surface area (Å²) in [6.45, 7) is 1.06. The van der Waals surface area contributed by atoms with Gasteiger partial charge in [0.1, 0.15) is 13.3 Å². The van der Waals surface area contributed by atoms with E-state index in [1.165, 1.54) is 19.1 Å². The first-order valence-electron chi connectivity index (χ1n) is 9.23. The number of ether oxygens (including phenoxy) is 2. The number of H-pyrrole nitrogens is 1. The van der Waals surface area contributed by atoms with Crippen LogP contribution >= 0.6 is 27.9 Å². The summed E-state index contributed by atoms with van der Waals surface area (Å²) in [6.07, 6.45) is 5.31. The number of aromatic amines is 1. The van der Waals surface area contributed by atoms with Crippen LogP contribution in [0.25, 0.3) is 22.3 Å². The highest BCUT2D eigenvalue weighted by Crippen LogP contribution is 2.37. The Kier molecular flexibility index (Phi) is 6.52. The number of rotatable bonds is 8. The Labute approximate surface area is 190 Å². The third-order valence-corrected chi connectivity index (χ3v) is 5.83. The Balaban J connectivity index is 1.61.